The number of rotatable bonds is 4. The molecule has 2 aromatic rings. The molecule has 1 aromatic carbocycles. The Bertz CT molecular complexity index is 576. The van der Waals surface area contributed by atoms with Crippen LogP contribution in [-0.4, -0.2) is 25.3 Å². The summed E-state index contributed by atoms with van der Waals surface area (Å²) in [5.74, 6) is 0.0166. The molecule has 1 heterocycles. The third-order valence-corrected chi connectivity index (χ3v) is 2.39. The van der Waals surface area contributed by atoms with E-state index < -0.39 is 5.97 Å². The Balaban J connectivity index is 2.41. The van der Waals surface area contributed by atoms with Crippen molar-refractivity contribution in [3.05, 3.63) is 30.0 Å². The number of methoxy groups -OCH3 is 2. The molecule has 18 heavy (non-hydrogen) atoms. The SMILES string of the molecule is COc1ccc(-c2cc(C(=O)[O-])no2)cc1OC. The lowest BCUT2D eigenvalue weighted by Gasteiger charge is -2.07. The van der Waals surface area contributed by atoms with Crippen molar-refractivity contribution in [1.29, 1.82) is 0 Å². The van der Waals surface area contributed by atoms with Crippen LogP contribution in [0.2, 0.25) is 0 Å². The van der Waals surface area contributed by atoms with E-state index in [0.29, 0.717) is 22.8 Å². The van der Waals surface area contributed by atoms with Crippen LogP contribution < -0.4 is 14.6 Å². The molecule has 2 rings (SSSR count). The molecule has 0 fully saturated rings. The Morgan fingerprint density at radius 1 is 1.22 bits per heavy atom. The summed E-state index contributed by atoms with van der Waals surface area (Å²) in [5.41, 5.74) is 0.382. The first-order valence-electron chi connectivity index (χ1n) is 5.06. The topological polar surface area (TPSA) is 84.6 Å². The van der Waals surface area contributed by atoms with Crippen molar-refractivity contribution in [2.75, 3.05) is 14.2 Å². The first kappa shape index (κ1) is 12.0. The Morgan fingerprint density at radius 2 is 1.94 bits per heavy atom. The van der Waals surface area contributed by atoms with Crippen molar-refractivity contribution in [1.82, 2.24) is 5.16 Å². The summed E-state index contributed by atoms with van der Waals surface area (Å²) in [4.78, 5) is 10.6. The van der Waals surface area contributed by atoms with Crippen molar-refractivity contribution >= 4 is 5.97 Å². The summed E-state index contributed by atoms with van der Waals surface area (Å²) in [6.07, 6.45) is 0. The van der Waals surface area contributed by atoms with Gasteiger partial charge in [0.05, 0.1) is 20.2 Å². The highest BCUT2D eigenvalue weighted by atomic mass is 16.5. The van der Waals surface area contributed by atoms with E-state index in [4.69, 9.17) is 14.0 Å². The van der Waals surface area contributed by atoms with Crippen LogP contribution in [0.15, 0.2) is 28.8 Å². The first-order valence-corrected chi connectivity index (χ1v) is 5.06. The van der Waals surface area contributed by atoms with Crippen LogP contribution in [0.1, 0.15) is 10.5 Å². The van der Waals surface area contributed by atoms with Crippen LogP contribution in [-0.2, 0) is 0 Å². The maximum absolute atomic E-state index is 10.6. The quantitative estimate of drug-likeness (QED) is 0.792. The fourth-order valence-electron chi connectivity index (χ4n) is 1.50. The summed E-state index contributed by atoms with van der Waals surface area (Å²) in [5, 5.41) is 14.0. The van der Waals surface area contributed by atoms with Gasteiger partial charge in [0.25, 0.3) is 0 Å². The molecule has 0 bridgehead atoms. The number of ether oxygens (including phenoxy) is 2. The minimum Gasteiger partial charge on any atom is -0.543 e. The molecule has 0 saturated heterocycles. The molecule has 0 atom stereocenters. The number of carboxylic acid groups (broad SMARTS) is 1. The summed E-state index contributed by atoms with van der Waals surface area (Å²) in [6.45, 7) is 0. The van der Waals surface area contributed by atoms with Crippen molar-refractivity contribution in [3.8, 4) is 22.8 Å². The second-order valence-electron chi connectivity index (χ2n) is 3.43. The molecule has 0 N–H and O–H groups in total. The zero-order valence-corrected chi connectivity index (χ0v) is 9.80. The molecule has 0 saturated carbocycles. The van der Waals surface area contributed by atoms with Crippen molar-refractivity contribution < 1.29 is 23.9 Å². The highest BCUT2D eigenvalue weighted by Gasteiger charge is 2.11. The van der Waals surface area contributed by atoms with Crippen LogP contribution in [0.25, 0.3) is 11.3 Å². The van der Waals surface area contributed by atoms with E-state index in [9.17, 15) is 9.90 Å². The average molecular weight is 248 g/mol. The average Bonchev–Trinajstić information content (AvgIpc) is 2.87. The lowest BCUT2D eigenvalue weighted by Crippen LogP contribution is -2.22. The molecule has 0 unspecified atom stereocenters. The van der Waals surface area contributed by atoms with E-state index in [0.717, 1.165) is 0 Å². The summed E-state index contributed by atoms with van der Waals surface area (Å²) >= 11 is 0. The van der Waals surface area contributed by atoms with Gasteiger partial charge in [-0.15, -0.1) is 0 Å². The molecule has 0 aliphatic rings. The number of carbonyl (C=O) groups excluding carboxylic acids is 1. The first-order chi connectivity index (χ1) is 8.65. The van der Waals surface area contributed by atoms with Crippen LogP contribution in [0.5, 0.6) is 11.5 Å². The molecule has 0 amide bonds. The van der Waals surface area contributed by atoms with Crippen LogP contribution in [0.4, 0.5) is 0 Å². The van der Waals surface area contributed by atoms with E-state index in [-0.39, 0.29) is 5.69 Å². The zero-order valence-electron chi connectivity index (χ0n) is 9.80. The second kappa shape index (κ2) is 4.79. The number of aromatic nitrogens is 1. The fraction of sp³-hybridized carbons (Fsp3) is 0.167. The van der Waals surface area contributed by atoms with Crippen molar-refractivity contribution in [2.24, 2.45) is 0 Å². The predicted molar refractivity (Wildman–Crippen MR) is 59.4 cm³/mol. The van der Waals surface area contributed by atoms with Crippen LogP contribution in [0.3, 0.4) is 0 Å². The third kappa shape index (κ3) is 2.13. The fourth-order valence-corrected chi connectivity index (χ4v) is 1.50. The standard InChI is InChI=1S/C12H11NO5/c1-16-9-4-3-7(5-11(9)17-2)10-6-8(12(14)15)13-18-10/h3-6H,1-2H3,(H,14,15)/p-1. The highest BCUT2D eigenvalue weighted by molar-refractivity contribution is 5.84. The van der Waals surface area contributed by atoms with E-state index in [1.807, 2.05) is 0 Å². The number of aromatic carboxylic acids is 1. The largest absolute Gasteiger partial charge is 0.543 e. The van der Waals surface area contributed by atoms with Gasteiger partial charge in [0.1, 0.15) is 5.69 Å². The van der Waals surface area contributed by atoms with Gasteiger partial charge in [0.2, 0.25) is 0 Å². The van der Waals surface area contributed by atoms with Gasteiger partial charge in [-0.1, -0.05) is 5.16 Å². The molecule has 6 nitrogen and oxygen atoms in total. The van der Waals surface area contributed by atoms with Gasteiger partial charge in [0, 0.05) is 11.6 Å². The Kier molecular flexibility index (Phi) is 3.18. The smallest absolute Gasteiger partial charge is 0.167 e. The summed E-state index contributed by atoms with van der Waals surface area (Å²) in [6, 6.07) is 6.35. The Morgan fingerprint density at radius 3 is 2.50 bits per heavy atom. The van der Waals surface area contributed by atoms with Crippen LogP contribution >= 0.6 is 0 Å². The summed E-state index contributed by atoms with van der Waals surface area (Å²) in [7, 11) is 3.04. The molecule has 0 aliphatic heterocycles. The predicted octanol–water partition coefficient (Wildman–Crippen LogP) is 0.722. The van der Waals surface area contributed by atoms with E-state index in [1.54, 1.807) is 18.2 Å². The number of benzene rings is 1. The third-order valence-electron chi connectivity index (χ3n) is 2.39. The molecule has 1 aromatic heterocycles. The number of carbonyl (C=O) groups is 1. The Labute approximate surface area is 103 Å². The molecule has 0 radical (unpaired) electrons. The van der Waals surface area contributed by atoms with Crippen molar-refractivity contribution in [3.63, 3.8) is 0 Å². The number of hydrogen-bond acceptors (Lipinski definition) is 6. The normalized spacial score (nSPS) is 10.1. The highest BCUT2D eigenvalue weighted by Crippen LogP contribution is 2.32. The van der Waals surface area contributed by atoms with Gasteiger partial charge in [0.15, 0.2) is 17.3 Å². The number of nitrogens with zero attached hydrogens (tertiary/aromatic N) is 1. The molecule has 6 heteroatoms. The van der Waals surface area contributed by atoms with Crippen LogP contribution in [0, 0.1) is 0 Å². The molecule has 0 aliphatic carbocycles. The van der Waals surface area contributed by atoms with Gasteiger partial charge in [-0.25, -0.2) is 0 Å². The monoisotopic (exact) mass is 248 g/mol. The second-order valence-corrected chi connectivity index (χ2v) is 3.43. The maximum Gasteiger partial charge on any atom is 0.167 e. The minimum atomic E-state index is -1.38. The van der Waals surface area contributed by atoms with E-state index in [2.05, 4.69) is 5.16 Å². The van der Waals surface area contributed by atoms with Gasteiger partial charge in [-0.3, -0.25) is 0 Å². The zero-order chi connectivity index (χ0) is 13.1. The van der Waals surface area contributed by atoms with Gasteiger partial charge >= 0.3 is 0 Å². The molecular formula is C12H10NO5-. The Hall–Kier alpha value is -2.50. The lowest BCUT2D eigenvalue weighted by atomic mass is 10.1. The number of carboxylic acids is 1. The van der Waals surface area contributed by atoms with E-state index in [1.165, 1.54) is 20.3 Å². The molecule has 94 valence electrons. The summed E-state index contributed by atoms with van der Waals surface area (Å²) < 4.78 is 15.1. The maximum atomic E-state index is 10.6. The lowest BCUT2D eigenvalue weighted by molar-refractivity contribution is -0.255. The van der Waals surface area contributed by atoms with Gasteiger partial charge < -0.3 is 23.9 Å². The van der Waals surface area contributed by atoms with Gasteiger partial charge in [-0.05, 0) is 18.2 Å². The minimum absolute atomic E-state index is 0.250. The van der Waals surface area contributed by atoms with Gasteiger partial charge in [-0.2, -0.15) is 0 Å². The molecule has 0 spiro atoms. The molecular weight excluding hydrogens is 238 g/mol. The van der Waals surface area contributed by atoms with E-state index >= 15 is 0 Å². The van der Waals surface area contributed by atoms with Crippen molar-refractivity contribution in [2.45, 2.75) is 0 Å². The number of hydrogen-bond donors (Lipinski definition) is 0.